The van der Waals surface area contributed by atoms with E-state index in [-0.39, 0.29) is 23.9 Å². The van der Waals surface area contributed by atoms with Crippen LogP contribution in [0.3, 0.4) is 0 Å². The standard InChI is InChI=1S/C16H22O6/c1-18-8-11-12(9-19-2)16(17)22-15(11)10-5-6-13(20-3)14(7-10)21-4/h5-7,11-12,15H,8-9H2,1-4H3/t11-,12-,15+/m1/s1. The molecule has 1 fully saturated rings. The largest absolute Gasteiger partial charge is 0.493 e. The predicted octanol–water partition coefficient (Wildman–Crippen LogP) is 1.83. The number of carbonyl (C=O) groups excluding carboxylic acids is 1. The third-order valence-electron chi connectivity index (χ3n) is 3.89. The summed E-state index contributed by atoms with van der Waals surface area (Å²) in [4.78, 5) is 12.1. The van der Waals surface area contributed by atoms with E-state index in [1.807, 2.05) is 12.1 Å². The van der Waals surface area contributed by atoms with E-state index in [0.29, 0.717) is 24.7 Å². The van der Waals surface area contributed by atoms with Gasteiger partial charge in [0.1, 0.15) is 6.10 Å². The van der Waals surface area contributed by atoms with Crippen molar-refractivity contribution >= 4 is 5.97 Å². The fraction of sp³-hybridized carbons (Fsp3) is 0.562. The summed E-state index contributed by atoms with van der Waals surface area (Å²) in [7, 11) is 6.33. The molecule has 22 heavy (non-hydrogen) atoms. The molecule has 1 aromatic rings. The average Bonchev–Trinajstić information content (AvgIpc) is 2.84. The lowest BCUT2D eigenvalue weighted by Crippen LogP contribution is -2.25. The number of benzene rings is 1. The van der Waals surface area contributed by atoms with Crippen molar-refractivity contribution in [1.29, 1.82) is 0 Å². The molecule has 6 heteroatoms. The molecule has 1 aromatic carbocycles. The molecule has 0 saturated carbocycles. The highest BCUT2D eigenvalue weighted by atomic mass is 16.6. The summed E-state index contributed by atoms with van der Waals surface area (Å²) in [6, 6.07) is 5.50. The number of ether oxygens (including phenoxy) is 5. The SMILES string of the molecule is COC[C@@H]1[C@@H](COC)C(=O)O[C@H]1c1ccc(OC)c(OC)c1. The van der Waals surface area contributed by atoms with E-state index in [1.54, 1.807) is 34.5 Å². The number of methoxy groups -OCH3 is 4. The van der Waals surface area contributed by atoms with Crippen LogP contribution in [0, 0.1) is 11.8 Å². The highest BCUT2D eigenvalue weighted by Crippen LogP contribution is 2.42. The fourth-order valence-corrected chi connectivity index (χ4v) is 2.80. The van der Waals surface area contributed by atoms with Crippen molar-refractivity contribution in [1.82, 2.24) is 0 Å². The summed E-state index contributed by atoms with van der Waals surface area (Å²) < 4.78 is 26.5. The van der Waals surface area contributed by atoms with Gasteiger partial charge < -0.3 is 23.7 Å². The highest BCUT2D eigenvalue weighted by molar-refractivity contribution is 5.76. The maximum absolute atomic E-state index is 12.1. The Morgan fingerprint density at radius 1 is 1.00 bits per heavy atom. The van der Waals surface area contributed by atoms with Crippen LogP contribution < -0.4 is 9.47 Å². The van der Waals surface area contributed by atoms with Crippen molar-refractivity contribution in [2.75, 3.05) is 41.7 Å². The second kappa shape index (κ2) is 7.47. The molecule has 2 rings (SSSR count). The van der Waals surface area contributed by atoms with Gasteiger partial charge in [-0.05, 0) is 17.7 Å². The summed E-state index contributed by atoms with van der Waals surface area (Å²) >= 11 is 0. The molecule has 0 aromatic heterocycles. The van der Waals surface area contributed by atoms with E-state index in [1.165, 1.54) is 0 Å². The fourth-order valence-electron chi connectivity index (χ4n) is 2.80. The van der Waals surface area contributed by atoms with Crippen LogP contribution in [0.1, 0.15) is 11.7 Å². The van der Waals surface area contributed by atoms with Crippen LogP contribution in [-0.4, -0.2) is 47.6 Å². The number of hydrogen-bond acceptors (Lipinski definition) is 6. The van der Waals surface area contributed by atoms with Gasteiger partial charge >= 0.3 is 5.97 Å². The molecule has 0 amide bonds. The molecule has 122 valence electrons. The van der Waals surface area contributed by atoms with Gasteiger partial charge in [-0.25, -0.2) is 0 Å². The molecule has 0 unspecified atom stereocenters. The number of esters is 1. The van der Waals surface area contributed by atoms with Crippen LogP contribution in [-0.2, 0) is 19.0 Å². The van der Waals surface area contributed by atoms with Crippen LogP contribution in [0.15, 0.2) is 18.2 Å². The first-order valence-electron chi connectivity index (χ1n) is 7.06. The molecule has 0 bridgehead atoms. The first-order chi connectivity index (χ1) is 10.7. The zero-order chi connectivity index (χ0) is 16.1. The van der Waals surface area contributed by atoms with Gasteiger partial charge in [0, 0.05) is 20.1 Å². The minimum absolute atomic E-state index is 0.101. The monoisotopic (exact) mass is 310 g/mol. The lowest BCUT2D eigenvalue weighted by Gasteiger charge is -2.21. The second-order valence-corrected chi connectivity index (χ2v) is 5.15. The van der Waals surface area contributed by atoms with Crippen LogP contribution in [0.2, 0.25) is 0 Å². The van der Waals surface area contributed by atoms with Crippen LogP contribution in [0.25, 0.3) is 0 Å². The molecule has 0 spiro atoms. The summed E-state index contributed by atoms with van der Waals surface area (Å²) in [6.07, 6.45) is -0.382. The quantitative estimate of drug-likeness (QED) is 0.716. The maximum atomic E-state index is 12.1. The van der Waals surface area contributed by atoms with Crippen LogP contribution in [0.4, 0.5) is 0 Å². The molecule has 0 radical (unpaired) electrons. The Morgan fingerprint density at radius 2 is 1.68 bits per heavy atom. The Bertz CT molecular complexity index is 515. The smallest absolute Gasteiger partial charge is 0.312 e. The summed E-state index contributed by atoms with van der Waals surface area (Å²) in [5.41, 5.74) is 0.853. The van der Waals surface area contributed by atoms with E-state index >= 15 is 0 Å². The van der Waals surface area contributed by atoms with E-state index in [9.17, 15) is 4.79 Å². The topological polar surface area (TPSA) is 63.2 Å². The average molecular weight is 310 g/mol. The summed E-state index contributed by atoms with van der Waals surface area (Å²) in [5.74, 6) is 0.539. The Balaban J connectivity index is 2.31. The number of rotatable bonds is 7. The lowest BCUT2D eigenvalue weighted by molar-refractivity contribution is -0.145. The molecular weight excluding hydrogens is 288 g/mol. The molecule has 6 nitrogen and oxygen atoms in total. The third-order valence-corrected chi connectivity index (χ3v) is 3.89. The van der Waals surface area contributed by atoms with Crippen molar-refractivity contribution < 1.29 is 28.5 Å². The summed E-state index contributed by atoms with van der Waals surface area (Å²) in [6.45, 7) is 0.732. The molecule has 3 atom stereocenters. The minimum Gasteiger partial charge on any atom is -0.493 e. The van der Waals surface area contributed by atoms with Gasteiger partial charge in [0.2, 0.25) is 0 Å². The van der Waals surface area contributed by atoms with Crippen LogP contribution in [0.5, 0.6) is 11.5 Å². The van der Waals surface area contributed by atoms with Crippen molar-refractivity contribution in [2.45, 2.75) is 6.10 Å². The predicted molar refractivity (Wildman–Crippen MR) is 79.1 cm³/mol. The number of cyclic esters (lactones) is 1. The molecule has 1 saturated heterocycles. The van der Waals surface area contributed by atoms with Gasteiger partial charge in [-0.15, -0.1) is 0 Å². The lowest BCUT2D eigenvalue weighted by atomic mass is 9.88. The van der Waals surface area contributed by atoms with Crippen molar-refractivity contribution in [3.63, 3.8) is 0 Å². The number of hydrogen-bond donors (Lipinski definition) is 0. The molecule has 0 aliphatic carbocycles. The van der Waals surface area contributed by atoms with Gasteiger partial charge in [-0.3, -0.25) is 4.79 Å². The Morgan fingerprint density at radius 3 is 2.27 bits per heavy atom. The molecule has 1 heterocycles. The van der Waals surface area contributed by atoms with Crippen molar-refractivity contribution in [3.8, 4) is 11.5 Å². The van der Waals surface area contributed by atoms with Gasteiger partial charge in [0.15, 0.2) is 11.5 Å². The molecule has 0 N–H and O–H groups in total. The maximum Gasteiger partial charge on any atom is 0.312 e. The van der Waals surface area contributed by atoms with Crippen LogP contribution >= 0.6 is 0 Å². The highest BCUT2D eigenvalue weighted by Gasteiger charge is 2.45. The Hall–Kier alpha value is -1.79. The van der Waals surface area contributed by atoms with E-state index < -0.39 is 0 Å². The van der Waals surface area contributed by atoms with E-state index in [4.69, 9.17) is 23.7 Å². The van der Waals surface area contributed by atoms with E-state index in [0.717, 1.165) is 5.56 Å². The van der Waals surface area contributed by atoms with Gasteiger partial charge in [-0.1, -0.05) is 6.07 Å². The minimum atomic E-state index is -0.382. The van der Waals surface area contributed by atoms with Gasteiger partial charge in [0.05, 0.1) is 33.4 Å². The summed E-state index contributed by atoms with van der Waals surface area (Å²) in [5, 5.41) is 0. The Kier molecular flexibility index (Phi) is 5.63. The normalized spacial score (nSPS) is 24.2. The molecular formula is C16H22O6. The van der Waals surface area contributed by atoms with Gasteiger partial charge in [-0.2, -0.15) is 0 Å². The van der Waals surface area contributed by atoms with Crippen molar-refractivity contribution in [3.05, 3.63) is 23.8 Å². The van der Waals surface area contributed by atoms with E-state index in [2.05, 4.69) is 0 Å². The molecule has 1 aliphatic rings. The van der Waals surface area contributed by atoms with Gasteiger partial charge in [0.25, 0.3) is 0 Å². The first-order valence-corrected chi connectivity index (χ1v) is 7.06. The Labute approximate surface area is 130 Å². The van der Waals surface area contributed by atoms with Crippen molar-refractivity contribution in [2.24, 2.45) is 11.8 Å². The third kappa shape index (κ3) is 3.18. The molecule has 1 aliphatic heterocycles. The number of carbonyl (C=O) groups is 1. The second-order valence-electron chi connectivity index (χ2n) is 5.15. The zero-order valence-electron chi connectivity index (χ0n) is 13.3. The zero-order valence-corrected chi connectivity index (χ0v) is 13.3. The first kappa shape index (κ1) is 16.6.